The molecule has 8 nitrogen and oxygen atoms in total. The lowest BCUT2D eigenvalue weighted by molar-refractivity contribution is 0.394. The van der Waals surface area contributed by atoms with Gasteiger partial charge in [0.1, 0.15) is 11.5 Å². The quantitative estimate of drug-likeness (QED) is 0.352. The number of nitrogens with zero attached hydrogens (tertiary/aromatic N) is 3. The fraction of sp³-hybridized carbons (Fsp3) is 0.333. The minimum Gasteiger partial charge on any atom is -0.497 e. The largest absolute Gasteiger partial charge is 0.497 e. The van der Waals surface area contributed by atoms with Crippen LogP contribution in [-0.4, -0.2) is 51.2 Å². The summed E-state index contributed by atoms with van der Waals surface area (Å²) in [4.78, 5) is 4.87. The van der Waals surface area contributed by atoms with Crippen molar-refractivity contribution < 1.29 is 17.9 Å². The predicted molar refractivity (Wildman–Crippen MR) is 136 cm³/mol. The van der Waals surface area contributed by atoms with Gasteiger partial charge in [-0.1, -0.05) is 25.0 Å². The summed E-state index contributed by atoms with van der Waals surface area (Å²) in [6, 6.07) is 12.5. The summed E-state index contributed by atoms with van der Waals surface area (Å²) in [6.07, 6.45) is 5.61. The maximum atomic E-state index is 13.2. The fourth-order valence-electron chi connectivity index (χ4n) is 3.79. The standard InChI is InChI=1S/C24H28N4O4S2/c1-31-20-11-10-19(23(15-20)32-2)16-25-27-24-26-22(17-33-24)18-8-7-9-21(14-18)34(29,30)28-12-5-3-4-6-13-28/h7-11,14-17H,3-6,12-13H2,1-2H3,(H,26,27)/b25-16+. The average Bonchev–Trinajstić information content (AvgIpc) is 3.16. The molecule has 1 saturated heterocycles. The van der Waals surface area contributed by atoms with Gasteiger partial charge in [0.05, 0.1) is 31.0 Å². The topological polar surface area (TPSA) is 93.1 Å². The molecule has 1 aromatic heterocycles. The third-order valence-electron chi connectivity index (χ3n) is 5.64. The molecule has 0 spiro atoms. The van der Waals surface area contributed by atoms with Crippen molar-refractivity contribution in [3.8, 4) is 22.8 Å². The van der Waals surface area contributed by atoms with Crippen LogP contribution in [0.5, 0.6) is 11.5 Å². The number of hydrogen-bond donors (Lipinski definition) is 1. The van der Waals surface area contributed by atoms with E-state index in [9.17, 15) is 8.42 Å². The Hall–Kier alpha value is -2.95. The Morgan fingerprint density at radius 1 is 1.06 bits per heavy atom. The monoisotopic (exact) mass is 500 g/mol. The third-order valence-corrected chi connectivity index (χ3v) is 8.28. The number of anilines is 1. The number of aromatic nitrogens is 1. The van der Waals surface area contributed by atoms with Crippen LogP contribution in [0.2, 0.25) is 0 Å². The molecule has 0 aliphatic carbocycles. The number of rotatable bonds is 8. The zero-order valence-electron chi connectivity index (χ0n) is 19.2. The number of benzene rings is 2. The number of hydrazone groups is 1. The molecule has 0 saturated carbocycles. The zero-order chi connectivity index (χ0) is 24.0. The molecule has 1 N–H and O–H groups in total. The van der Waals surface area contributed by atoms with E-state index in [1.165, 1.54) is 11.3 Å². The molecule has 0 atom stereocenters. The molecular weight excluding hydrogens is 472 g/mol. The van der Waals surface area contributed by atoms with Crippen LogP contribution in [0.4, 0.5) is 5.13 Å². The summed E-state index contributed by atoms with van der Waals surface area (Å²) in [6.45, 7) is 1.16. The summed E-state index contributed by atoms with van der Waals surface area (Å²) >= 11 is 1.39. The van der Waals surface area contributed by atoms with Gasteiger partial charge in [0.25, 0.3) is 0 Å². The maximum absolute atomic E-state index is 13.2. The molecule has 2 heterocycles. The van der Waals surface area contributed by atoms with E-state index in [2.05, 4.69) is 15.5 Å². The van der Waals surface area contributed by atoms with Crippen molar-refractivity contribution in [1.82, 2.24) is 9.29 Å². The number of thiazole rings is 1. The Balaban J connectivity index is 1.48. The number of ether oxygens (including phenoxy) is 2. The smallest absolute Gasteiger partial charge is 0.243 e. The Labute approximate surface area is 204 Å². The van der Waals surface area contributed by atoms with Gasteiger partial charge in [-0.2, -0.15) is 9.41 Å². The molecule has 10 heteroatoms. The second-order valence-electron chi connectivity index (χ2n) is 7.86. The van der Waals surface area contributed by atoms with Crippen LogP contribution in [0.1, 0.15) is 31.2 Å². The average molecular weight is 501 g/mol. The molecule has 0 amide bonds. The first-order chi connectivity index (χ1) is 16.5. The molecule has 1 aliphatic heterocycles. The number of sulfonamides is 1. The number of hydrogen-bond acceptors (Lipinski definition) is 8. The minimum atomic E-state index is -3.52. The summed E-state index contributed by atoms with van der Waals surface area (Å²) < 4.78 is 38.5. The first-order valence-electron chi connectivity index (χ1n) is 11.1. The first-order valence-corrected chi connectivity index (χ1v) is 13.4. The van der Waals surface area contributed by atoms with Gasteiger partial charge in [0, 0.05) is 35.7 Å². The minimum absolute atomic E-state index is 0.305. The maximum Gasteiger partial charge on any atom is 0.243 e. The van der Waals surface area contributed by atoms with Gasteiger partial charge in [-0.05, 0) is 37.1 Å². The van der Waals surface area contributed by atoms with Crippen molar-refractivity contribution in [2.24, 2.45) is 5.10 Å². The van der Waals surface area contributed by atoms with Crippen LogP contribution in [0.3, 0.4) is 0 Å². The van der Waals surface area contributed by atoms with Crippen molar-refractivity contribution in [1.29, 1.82) is 0 Å². The van der Waals surface area contributed by atoms with Crippen molar-refractivity contribution in [3.05, 3.63) is 53.4 Å². The van der Waals surface area contributed by atoms with Crippen LogP contribution >= 0.6 is 11.3 Å². The van der Waals surface area contributed by atoms with Crippen molar-refractivity contribution >= 4 is 32.7 Å². The molecule has 3 aromatic rings. The van der Waals surface area contributed by atoms with Crippen LogP contribution in [-0.2, 0) is 10.0 Å². The molecule has 34 heavy (non-hydrogen) atoms. The Bertz CT molecular complexity index is 1250. The molecule has 4 rings (SSSR count). The summed E-state index contributed by atoms with van der Waals surface area (Å²) in [5.74, 6) is 1.35. The zero-order valence-corrected chi connectivity index (χ0v) is 20.9. The van der Waals surface area contributed by atoms with E-state index in [0.717, 1.165) is 36.8 Å². The van der Waals surface area contributed by atoms with Gasteiger partial charge in [0.15, 0.2) is 0 Å². The van der Waals surface area contributed by atoms with Crippen LogP contribution < -0.4 is 14.9 Å². The molecule has 1 fully saturated rings. The van der Waals surface area contributed by atoms with Gasteiger partial charge >= 0.3 is 0 Å². The first kappa shape index (κ1) is 24.2. The Kier molecular flexibility index (Phi) is 7.81. The SMILES string of the molecule is COc1ccc(/C=N/Nc2nc(-c3cccc(S(=O)(=O)N4CCCCCC4)c3)cs2)c(OC)c1. The van der Waals surface area contributed by atoms with Gasteiger partial charge in [0.2, 0.25) is 15.2 Å². The van der Waals surface area contributed by atoms with Gasteiger partial charge < -0.3 is 9.47 Å². The van der Waals surface area contributed by atoms with E-state index in [0.29, 0.717) is 40.3 Å². The normalized spacial score (nSPS) is 15.2. The molecule has 0 bridgehead atoms. The second-order valence-corrected chi connectivity index (χ2v) is 10.7. The highest BCUT2D eigenvalue weighted by Gasteiger charge is 2.25. The molecule has 180 valence electrons. The van der Waals surface area contributed by atoms with Gasteiger partial charge in [-0.25, -0.2) is 13.4 Å². The Morgan fingerprint density at radius 3 is 2.59 bits per heavy atom. The van der Waals surface area contributed by atoms with Crippen LogP contribution in [0, 0.1) is 0 Å². The van der Waals surface area contributed by atoms with E-state index in [4.69, 9.17) is 9.47 Å². The van der Waals surface area contributed by atoms with Gasteiger partial charge in [-0.3, -0.25) is 5.43 Å². The van der Waals surface area contributed by atoms with E-state index < -0.39 is 10.0 Å². The van der Waals surface area contributed by atoms with Gasteiger partial charge in [-0.15, -0.1) is 11.3 Å². The molecule has 2 aromatic carbocycles. The highest BCUT2D eigenvalue weighted by atomic mass is 32.2. The third kappa shape index (κ3) is 5.57. The molecular formula is C24H28N4O4S2. The van der Waals surface area contributed by atoms with E-state index >= 15 is 0 Å². The number of nitrogens with one attached hydrogen (secondary N) is 1. The van der Waals surface area contributed by atoms with Crippen molar-refractivity contribution in [2.45, 2.75) is 30.6 Å². The lowest BCUT2D eigenvalue weighted by Gasteiger charge is -2.20. The summed E-state index contributed by atoms with van der Waals surface area (Å²) in [5.41, 5.74) is 5.16. The lowest BCUT2D eigenvalue weighted by Crippen LogP contribution is -2.31. The van der Waals surface area contributed by atoms with Crippen molar-refractivity contribution in [3.63, 3.8) is 0 Å². The molecule has 0 radical (unpaired) electrons. The highest BCUT2D eigenvalue weighted by molar-refractivity contribution is 7.89. The second kappa shape index (κ2) is 11.0. The predicted octanol–water partition coefficient (Wildman–Crippen LogP) is 4.84. The van der Waals surface area contributed by atoms with E-state index in [-0.39, 0.29) is 0 Å². The molecule has 0 unspecified atom stereocenters. The summed E-state index contributed by atoms with van der Waals surface area (Å²) in [7, 11) is -0.324. The van der Waals surface area contributed by atoms with E-state index in [1.807, 2.05) is 23.6 Å². The van der Waals surface area contributed by atoms with Crippen LogP contribution in [0.15, 0.2) is 57.8 Å². The number of methoxy groups -OCH3 is 2. The lowest BCUT2D eigenvalue weighted by atomic mass is 10.2. The van der Waals surface area contributed by atoms with Crippen molar-refractivity contribution in [2.75, 3.05) is 32.7 Å². The fourth-order valence-corrected chi connectivity index (χ4v) is 6.02. The highest BCUT2D eigenvalue weighted by Crippen LogP contribution is 2.29. The van der Waals surface area contributed by atoms with Crippen LogP contribution in [0.25, 0.3) is 11.3 Å². The molecule has 1 aliphatic rings. The Morgan fingerprint density at radius 2 is 1.85 bits per heavy atom. The van der Waals surface area contributed by atoms with E-state index in [1.54, 1.807) is 49.0 Å². The summed E-state index contributed by atoms with van der Waals surface area (Å²) in [5, 5.41) is 6.73.